The second-order valence-corrected chi connectivity index (χ2v) is 8.42. The van der Waals surface area contributed by atoms with Crippen molar-refractivity contribution in [2.24, 2.45) is 0 Å². The van der Waals surface area contributed by atoms with Gasteiger partial charge in [-0.2, -0.15) is 4.98 Å². The van der Waals surface area contributed by atoms with E-state index < -0.39 is 5.54 Å². The fraction of sp³-hybridized carbons (Fsp3) is 0.583. The first-order chi connectivity index (χ1) is 15.5. The normalized spacial score (nSPS) is 15.7. The van der Waals surface area contributed by atoms with Crippen molar-refractivity contribution in [2.75, 3.05) is 6.61 Å². The molecule has 32 heavy (non-hydrogen) atoms. The number of rotatable bonds is 10. The highest BCUT2D eigenvalue weighted by Crippen LogP contribution is 2.34. The van der Waals surface area contributed by atoms with Crippen LogP contribution in [0.3, 0.4) is 0 Å². The molecule has 1 aliphatic carbocycles. The lowest BCUT2D eigenvalue weighted by molar-refractivity contribution is -0.122. The highest BCUT2D eigenvalue weighted by atomic mass is 16.5. The molecule has 1 fully saturated rings. The van der Waals surface area contributed by atoms with E-state index in [1.165, 1.54) is 6.92 Å². The third-order valence-electron chi connectivity index (χ3n) is 5.82. The van der Waals surface area contributed by atoms with Crippen LogP contribution in [-0.2, 0) is 39.4 Å². The van der Waals surface area contributed by atoms with Crippen LogP contribution in [0, 0.1) is 0 Å². The Morgan fingerprint density at radius 1 is 1.09 bits per heavy atom. The fourth-order valence-electron chi connectivity index (χ4n) is 4.11. The Bertz CT molecular complexity index is 870. The molecule has 0 unspecified atom stereocenters. The number of ether oxygens (including phenoxy) is 1. The first-order valence-electron chi connectivity index (χ1n) is 11.5. The monoisotopic (exact) mass is 442 g/mol. The smallest absolute Gasteiger partial charge is 0.227 e. The quantitative estimate of drug-likeness (QED) is 0.545. The van der Waals surface area contributed by atoms with E-state index in [9.17, 15) is 9.59 Å². The maximum atomic E-state index is 12.3. The van der Waals surface area contributed by atoms with Crippen LogP contribution in [0.4, 0.5) is 0 Å². The summed E-state index contributed by atoms with van der Waals surface area (Å²) in [4.78, 5) is 28.6. The van der Waals surface area contributed by atoms with Gasteiger partial charge < -0.3 is 19.9 Å². The van der Waals surface area contributed by atoms with Gasteiger partial charge in [-0.25, -0.2) is 0 Å². The van der Waals surface area contributed by atoms with E-state index in [4.69, 9.17) is 9.26 Å². The Balaban J connectivity index is 1.50. The lowest BCUT2D eigenvalue weighted by atomic mass is 9.89. The van der Waals surface area contributed by atoms with Gasteiger partial charge in [0.05, 0.1) is 6.61 Å². The number of benzene rings is 1. The van der Waals surface area contributed by atoms with Crippen LogP contribution in [0.2, 0.25) is 0 Å². The molecule has 8 heteroatoms. The van der Waals surface area contributed by atoms with Crippen LogP contribution in [0.25, 0.3) is 0 Å². The van der Waals surface area contributed by atoms with Crippen molar-refractivity contribution in [1.82, 2.24) is 20.8 Å². The van der Waals surface area contributed by atoms with Crippen LogP contribution >= 0.6 is 0 Å². The molecule has 2 N–H and O–H groups in total. The van der Waals surface area contributed by atoms with Crippen molar-refractivity contribution in [3.8, 4) is 0 Å². The molecule has 0 atom stereocenters. The lowest BCUT2D eigenvalue weighted by Gasteiger charge is -2.30. The zero-order valence-electron chi connectivity index (χ0n) is 19.1. The summed E-state index contributed by atoms with van der Waals surface area (Å²) in [5.74, 6) is 0.777. The van der Waals surface area contributed by atoms with E-state index in [1.54, 1.807) is 0 Å². The minimum absolute atomic E-state index is 0.0748. The molecule has 0 bridgehead atoms. The van der Waals surface area contributed by atoms with Gasteiger partial charge in [0, 0.05) is 32.9 Å². The minimum atomic E-state index is -0.569. The summed E-state index contributed by atoms with van der Waals surface area (Å²) < 4.78 is 10.8. The molecule has 1 heterocycles. The van der Waals surface area contributed by atoms with Crippen LogP contribution in [-0.4, -0.2) is 28.6 Å². The molecule has 174 valence electrons. The van der Waals surface area contributed by atoms with Crippen molar-refractivity contribution >= 4 is 11.8 Å². The third-order valence-corrected chi connectivity index (χ3v) is 5.82. The molecule has 1 saturated carbocycles. The van der Waals surface area contributed by atoms with Crippen LogP contribution in [0.5, 0.6) is 0 Å². The van der Waals surface area contributed by atoms with E-state index in [0.29, 0.717) is 37.9 Å². The molecular weight excluding hydrogens is 408 g/mol. The molecular formula is C24H34N4O4. The Morgan fingerprint density at radius 2 is 1.78 bits per heavy atom. The van der Waals surface area contributed by atoms with Gasteiger partial charge in [0.2, 0.25) is 17.7 Å². The van der Waals surface area contributed by atoms with Crippen molar-refractivity contribution in [1.29, 1.82) is 0 Å². The number of aryl methyl sites for hydroxylation is 1. The summed E-state index contributed by atoms with van der Waals surface area (Å²) in [7, 11) is 0. The standard InChI is InChI=1S/C24H34N4O4/c1-3-31-17-20-10-8-19(9-11-20)16-25-21(30)12-13-22-26-23(28-32-22)24(27-18(2)29)14-6-4-5-7-15-24/h8-11H,3-7,12-17H2,1-2H3,(H,25,30)(H,27,29). The van der Waals surface area contributed by atoms with Crippen LogP contribution < -0.4 is 10.6 Å². The second kappa shape index (κ2) is 11.8. The van der Waals surface area contributed by atoms with Crippen molar-refractivity contribution < 1.29 is 18.8 Å². The molecule has 8 nitrogen and oxygen atoms in total. The summed E-state index contributed by atoms with van der Waals surface area (Å²) in [5, 5.41) is 10.2. The topological polar surface area (TPSA) is 106 Å². The molecule has 0 saturated heterocycles. The number of carbonyl (C=O) groups excluding carboxylic acids is 2. The SMILES string of the molecule is CCOCc1ccc(CNC(=O)CCc2nc(C3(NC(C)=O)CCCCCC3)no2)cc1. The first kappa shape index (κ1) is 23.9. The van der Waals surface area contributed by atoms with Gasteiger partial charge in [0.15, 0.2) is 5.82 Å². The van der Waals surface area contributed by atoms with Gasteiger partial charge in [-0.05, 0) is 30.9 Å². The predicted molar refractivity (Wildman–Crippen MR) is 119 cm³/mol. The fourth-order valence-corrected chi connectivity index (χ4v) is 4.11. The average molecular weight is 443 g/mol. The van der Waals surface area contributed by atoms with E-state index in [0.717, 1.165) is 49.7 Å². The Hall–Kier alpha value is -2.74. The van der Waals surface area contributed by atoms with Gasteiger partial charge in [0.25, 0.3) is 0 Å². The molecule has 2 amide bonds. The first-order valence-corrected chi connectivity index (χ1v) is 11.5. The van der Waals surface area contributed by atoms with Crippen molar-refractivity contribution in [3.05, 3.63) is 47.1 Å². The largest absolute Gasteiger partial charge is 0.377 e. The Kier molecular flexibility index (Phi) is 8.79. The maximum absolute atomic E-state index is 12.3. The lowest BCUT2D eigenvalue weighted by Crippen LogP contribution is -2.45. The predicted octanol–water partition coefficient (Wildman–Crippen LogP) is 3.54. The number of hydrogen-bond donors (Lipinski definition) is 2. The Morgan fingerprint density at radius 3 is 2.44 bits per heavy atom. The number of carbonyl (C=O) groups is 2. The van der Waals surface area contributed by atoms with Gasteiger partial charge in [-0.15, -0.1) is 0 Å². The summed E-state index contributed by atoms with van der Waals surface area (Å²) in [6.07, 6.45) is 6.53. The summed E-state index contributed by atoms with van der Waals surface area (Å²) in [5.41, 5.74) is 1.57. The third kappa shape index (κ3) is 6.88. The van der Waals surface area contributed by atoms with Crippen LogP contribution in [0.15, 0.2) is 28.8 Å². The summed E-state index contributed by atoms with van der Waals surface area (Å²) >= 11 is 0. The molecule has 1 aromatic carbocycles. The van der Waals surface area contributed by atoms with E-state index in [2.05, 4.69) is 20.8 Å². The zero-order valence-corrected chi connectivity index (χ0v) is 19.1. The molecule has 1 aromatic heterocycles. The van der Waals surface area contributed by atoms with Crippen LogP contribution in [0.1, 0.15) is 81.6 Å². The van der Waals surface area contributed by atoms with Gasteiger partial charge in [-0.1, -0.05) is 55.1 Å². The Labute approximate surface area is 189 Å². The summed E-state index contributed by atoms with van der Waals surface area (Å²) in [6, 6.07) is 8.01. The van der Waals surface area contributed by atoms with E-state index in [-0.39, 0.29) is 18.2 Å². The van der Waals surface area contributed by atoms with E-state index in [1.807, 2.05) is 31.2 Å². The second-order valence-electron chi connectivity index (χ2n) is 8.42. The van der Waals surface area contributed by atoms with Crippen molar-refractivity contribution in [2.45, 2.75) is 83.9 Å². The molecule has 0 aliphatic heterocycles. The molecule has 0 radical (unpaired) electrons. The number of nitrogens with zero attached hydrogens (tertiary/aromatic N) is 2. The number of amides is 2. The highest BCUT2D eigenvalue weighted by Gasteiger charge is 2.38. The summed E-state index contributed by atoms with van der Waals surface area (Å²) in [6.45, 7) is 5.24. The van der Waals surface area contributed by atoms with Gasteiger partial charge in [0.1, 0.15) is 5.54 Å². The highest BCUT2D eigenvalue weighted by molar-refractivity contribution is 5.76. The van der Waals surface area contributed by atoms with Gasteiger partial charge in [-0.3, -0.25) is 9.59 Å². The molecule has 0 spiro atoms. The van der Waals surface area contributed by atoms with Crippen molar-refractivity contribution in [3.63, 3.8) is 0 Å². The number of hydrogen-bond acceptors (Lipinski definition) is 6. The number of nitrogens with one attached hydrogen (secondary N) is 2. The van der Waals surface area contributed by atoms with E-state index >= 15 is 0 Å². The minimum Gasteiger partial charge on any atom is -0.377 e. The maximum Gasteiger partial charge on any atom is 0.227 e. The molecule has 2 aromatic rings. The zero-order chi connectivity index (χ0) is 22.8. The molecule has 1 aliphatic rings. The molecule has 3 rings (SSSR count). The average Bonchev–Trinajstić information content (AvgIpc) is 3.15. The van der Waals surface area contributed by atoms with Gasteiger partial charge >= 0.3 is 0 Å². The number of aromatic nitrogens is 2.